The number of aromatic nitrogens is 2. The highest BCUT2D eigenvalue weighted by molar-refractivity contribution is 7.89. The zero-order chi connectivity index (χ0) is 25.3. The Morgan fingerprint density at radius 2 is 1.57 bits per heavy atom. The molecule has 188 valence electrons. The van der Waals surface area contributed by atoms with Crippen LogP contribution >= 0.6 is 0 Å². The lowest BCUT2D eigenvalue weighted by Crippen LogP contribution is -2.36. The van der Waals surface area contributed by atoms with Crippen molar-refractivity contribution in [2.75, 3.05) is 52.9 Å². The van der Waals surface area contributed by atoms with E-state index in [1.807, 2.05) is 24.3 Å². The summed E-state index contributed by atoms with van der Waals surface area (Å²) in [4.78, 5) is 12.6. The smallest absolute Gasteiger partial charge is 0.322 e. The molecule has 0 fully saturated rings. The van der Waals surface area contributed by atoms with Gasteiger partial charge in [-0.2, -0.15) is 4.31 Å². The van der Waals surface area contributed by atoms with Crippen molar-refractivity contribution in [1.29, 1.82) is 0 Å². The monoisotopic (exact) mass is 504 g/mol. The molecule has 0 spiro atoms. The van der Waals surface area contributed by atoms with Crippen LogP contribution in [0.4, 0.5) is 6.01 Å². The molecule has 1 N–H and O–H groups in total. The summed E-state index contributed by atoms with van der Waals surface area (Å²) in [6.45, 7) is 0.850. The van der Waals surface area contributed by atoms with Crippen molar-refractivity contribution >= 4 is 21.9 Å². The lowest BCUT2D eigenvalue weighted by Gasteiger charge is -2.21. The van der Waals surface area contributed by atoms with Crippen LogP contribution in [0.15, 0.2) is 57.8 Å². The maximum absolute atomic E-state index is 13.0. The average molecular weight is 505 g/mol. The van der Waals surface area contributed by atoms with Gasteiger partial charge in [0, 0.05) is 32.9 Å². The second kappa shape index (κ2) is 12.4. The third-order valence-electron chi connectivity index (χ3n) is 5.05. The summed E-state index contributed by atoms with van der Waals surface area (Å²) in [6.07, 6.45) is 0.391. The van der Waals surface area contributed by atoms with Gasteiger partial charge in [0.1, 0.15) is 5.75 Å². The quantitative estimate of drug-likeness (QED) is 0.372. The summed E-state index contributed by atoms with van der Waals surface area (Å²) in [5, 5.41) is 10.3. The van der Waals surface area contributed by atoms with Crippen molar-refractivity contribution in [2.45, 2.75) is 11.3 Å². The molecule has 2 aromatic carbocycles. The maximum atomic E-state index is 13.0. The van der Waals surface area contributed by atoms with Crippen molar-refractivity contribution in [3.63, 3.8) is 0 Å². The van der Waals surface area contributed by atoms with Crippen molar-refractivity contribution in [2.24, 2.45) is 0 Å². The van der Waals surface area contributed by atoms with E-state index in [1.165, 1.54) is 42.8 Å². The number of hydrogen-bond donors (Lipinski definition) is 1. The second-order valence-corrected chi connectivity index (χ2v) is 9.33. The lowest BCUT2D eigenvalue weighted by molar-refractivity contribution is 0.102. The highest BCUT2D eigenvalue weighted by atomic mass is 32.2. The van der Waals surface area contributed by atoms with E-state index in [4.69, 9.17) is 18.6 Å². The number of carbonyl (C=O) groups is 1. The van der Waals surface area contributed by atoms with Crippen LogP contribution in [0.25, 0.3) is 0 Å². The summed E-state index contributed by atoms with van der Waals surface area (Å²) >= 11 is 0. The molecule has 0 aliphatic heterocycles. The number of nitrogens with one attached hydrogen (secondary N) is 1. The Balaban J connectivity index is 1.64. The Morgan fingerprint density at radius 1 is 0.943 bits per heavy atom. The molecule has 0 saturated carbocycles. The Labute approximate surface area is 204 Å². The van der Waals surface area contributed by atoms with Crippen molar-refractivity contribution in [1.82, 2.24) is 14.5 Å². The number of rotatable bonds is 13. The standard InChI is InChI=1S/C23H28N4O7S/c1-31-14-12-27(13-15-32-2)35(29,30)20-10-6-18(7-11-20)22(28)24-23-26-25-21(34-23)16-17-4-8-19(33-3)9-5-17/h4-11H,12-16H2,1-3H3,(H,24,26,28). The minimum Gasteiger partial charge on any atom is -0.497 e. The number of amides is 1. The van der Waals surface area contributed by atoms with Gasteiger partial charge >= 0.3 is 6.01 Å². The predicted molar refractivity (Wildman–Crippen MR) is 127 cm³/mol. The predicted octanol–water partition coefficient (Wildman–Crippen LogP) is 2.20. The van der Waals surface area contributed by atoms with Crippen molar-refractivity contribution in [3.05, 3.63) is 65.5 Å². The molecular weight excluding hydrogens is 476 g/mol. The minimum atomic E-state index is -3.78. The molecule has 0 radical (unpaired) electrons. The van der Waals surface area contributed by atoms with Crippen LogP contribution in [-0.4, -0.2) is 76.5 Å². The van der Waals surface area contributed by atoms with E-state index in [2.05, 4.69) is 15.5 Å². The van der Waals surface area contributed by atoms with Crippen molar-refractivity contribution < 1.29 is 31.8 Å². The van der Waals surface area contributed by atoms with Gasteiger partial charge < -0.3 is 18.6 Å². The highest BCUT2D eigenvalue weighted by Gasteiger charge is 2.24. The Morgan fingerprint density at radius 3 is 2.14 bits per heavy atom. The van der Waals surface area contributed by atoms with E-state index >= 15 is 0 Å². The highest BCUT2D eigenvalue weighted by Crippen LogP contribution is 2.18. The molecule has 0 aliphatic carbocycles. The van der Waals surface area contributed by atoms with E-state index in [9.17, 15) is 13.2 Å². The molecule has 11 nitrogen and oxygen atoms in total. The third kappa shape index (κ3) is 7.09. The third-order valence-corrected chi connectivity index (χ3v) is 6.96. The van der Waals surface area contributed by atoms with E-state index < -0.39 is 15.9 Å². The summed E-state index contributed by atoms with van der Waals surface area (Å²) < 4.78 is 47.9. The second-order valence-electron chi connectivity index (χ2n) is 7.39. The maximum Gasteiger partial charge on any atom is 0.322 e. The first kappa shape index (κ1) is 26.3. The fourth-order valence-electron chi connectivity index (χ4n) is 3.13. The Hall–Kier alpha value is -3.32. The van der Waals surface area contributed by atoms with Gasteiger partial charge in [0.25, 0.3) is 5.91 Å². The van der Waals surface area contributed by atoms with Gasteiger partial charge in [0.15, 0.2) is 0 Å². The lowest BCUT2D eigenvalue weighted by atomic mass is 10.1. The number of methoxy groups -OCH3 is 3. The molecular formula is C23H28N4O7S. The number of carbonyl (C=O) groups excluding carboxylic acids is 1. The number of nitrogens with zero attached hydrogens (tertiary/aromatic N) is 3. The molecule has 0 bridgehead atoms. The van der Waals surface area contributed by atoms with Gasteiger partial charge in [-0.15, -0.1) is 5.10 Å². The summed E-state index contributed by atoms with van der Waals surface area (Å²) in [6, 6.07) is 12.9. The topological polar surface area (TPSA) is 133 Å². The van der Waals surface area contributed by atoms with Crippen LogP contribution in [0.1, 0.15) is 21.8 Å². The van der Waals surface area contributed by atoms with Crippen LogP contribution in [-0.2, 0) is 25.9 Å². The molecule has 0 atom stereocenters. The zero-order valence-corrected chi connectivity index (χ0v) is 20.6. The van der Waals surface area contributed by atoms with Gasteiger partial charge in [-0.05, 0) is 42.0 Å². The molecule has 35 heavy (non-hydrogen) atoms. The normalized spacial score (nSPS) is 11.5. The van der Waals surface area contributed by atoms with Crippen LogP contribution in [0.3, 0.4) is 0 Å². The fourth-order valence-corrected chi connectivity index (χ4v) is 4.54. The zero-order valence-electron chi connectivity index (χ0n) is 19.8. The molecule has 3 aromatic rings. The van der Waals surface area contributed by atoms with E-state index in [-0.39, 0.29) is 42.8 Å². The summed E-state index contributed by atoms with van der Waals surface area (Å²) in [5.41, 5.74) is 1.17. The van der Waals surface area contributed by atoms with Crippen molar-refractivity contribution in [3.8, 4) is 5.75 Å². The molecule has 3 rings (SSSR count). The Kier molecular flexibility index (Phi) is 9.32. The molecule has 1 heterocycles. The van der Waals surface area contributed by atoms with E-state index in [0.29, 0.717) is 12.3 Å². The average Bonchev–Trinajstić information content (AvgIpc) is 3.31. The van der Waals surface area contributed by atoms with Crippen LogP contribution < -0.4 is 10.1 Å². The summed E-state index contributed by atoms with van der Waals surface area (Å²) in [7, 11) is 0.807. The van der Waals surface area contributed by atoms with Gasteiger partial charge in [0.2, 0.25) is 15.9 Å². The van der Waals surface area contributed by atoms with Gasteiger partial charge in [-0.1, -0.05) is 17.2 Å². The number of anilines is 1. The first-order valence-corrected chi connectivity index (χ1v) is 12.2. The number of hydrogen-bond acceptors (Lipinski definition) is 9. The Bertz CT molecular complexity index is 1190. The number of benzene rings is 2. The molecule has 0 saturated heterocycles. The molecule has 12 heteroatoms. The molecule has 1 aromatic heterocycles. The number of sulfonamides is 1. The first-order chi connectivity index (χ1) is 16.9. The van der Waals surface area contributed by atoms with Gasteiger partial charge in [-0.3, -0.25) is 10.1 Å². The largest absolute Gasteiger partial charge is 0.497 e. The van der Waals surface area contributed by atoms with Gasteiger partial charge in [-0.25, -0.2) is 8.42 Å². The van der Waals surface area contributed by atoms with E-state index in [0.717, 1.165) is 11.3 Å². The number of ether oxygens (including phenoxy) is 3. The van der Waals surface area contributed by atoms with Crippen LogP contribution in [0.5, 0.6) is 5.75 Å². The molecule has 0 unspecified atom stereocenters. The summed E-state index contributed by atoms with van der Waals surface area (Å²) in [5.74, 6) is 0.562. The molecule has 0 aliphatic rings. The van der Waals surface area contributed by atoms with Crippen LogP contribution in [0, 0.1) is 0 Å². The minimum absolute atomic E-state index is 0.0551. The van der Waals surface area contributed by atoms with Crippen LogP contribution in [0.2, 0.25) is 0 Å². The first-order valence-electron chi connectivity index (χ1n) is 10.7. The fraction of sp³-hybridized carbons (Fsp3) is 0.348. The SMILES string of the molecule is COCCN(CCOC)S(=O)(=O)c1ccc(C(=O)Nc2nnc(Cc3ccc(OC)cc3)o2)cc1. The molecule has 1 amide bonds. The van der Waals surface area contributed by atoms with E-state index in [1.54, 1.807) is 7.11 Å². The van der Waals surface area contributed by atoms with Gasteiger partial charge in [0.05, 0.1) is 31.6 Å².